The maximum atomic E-state index is 15.9. The summed E-state index contributed by atoms with van der Waals surface area (Å²) in [6.07, 6.45) is 2.36. The number of halogens is 1. The van der Waals surface area contributed by atoms with Crippen LogP contribution in [0.1, 0.15) is 27.9 Å². The van der Waals surface area contributed by atoms with Gasteiger partial charge in [0.15, 0.2) is 5.70 Å². The van der Waals surface area contributed by atoms with Crippen LogP contribution in [0.2, 0.25) is 0 Å². The van der Waals surface area contributed by atoms with Crippen molar-refractivity contribution in [3.05, 3.63) is 167 Å². The number of aliphatic imine (C=N–C) groups is 1. The third-order valence-corrected chi connectivity index (χ3v) is 6.54. The van der Waals surface area contributed by atoms with Gasteiger partial charge in [-0.25, -0.2) is 14.8 Å². The first kappa shape index (κ1) is 23.3. The number of rotatable bonds is 6. The van der Waals surface area contributed by atoms with E-state index in [9.17, 15) is 4.79 Å². The fourth-order valence-electron chi connectivity index (χ4n) is 4.89. The van der Waals surface area contributed by atoms with Gasteiger partial charge in [-0.05, 0) is 34.9 Å². The van der Waals surface area contributed by atoms with Gasteiger partial charge in [-0.15, -0.1) is 0 Å². The largest absolute Gasteiger partial charge is 0.402 e. The maximum absolute atomic E-state index is 15.9. The molecule has 0 radical (unpaired) electrons. The molecule has 0 aliphatic carbocycles. The average Bonchev–Trinajstić information content (AvgIpc) is 3.53. The van der Waals surface area contributed by atoms with Gasteiger partial charge in [-0.3, -0.25) is 4.57 Å². The third-order valence-electron chi connectivity index (χ3n) is 6.54. The van der Waals surface area contributed by atoms with Gasteiger partial charge in [0, 0.05) is 11.8 Å². The van der Waals surface area contributed by atoms with E-state index in [1.807, 2.05) is 109 Å². The Hall–Kier alpha value is -5.10. The second kappa shape index (κ2) is 9.75. The molecule has 2 heterocycles. The van der Waals surface area contributed by atoms with Crippen LogP contribution in [0, 0.1) is 6.08 Å². The number of aromatic nitrogens is 2. The molecule has 5 aromatic rings. The molecule has 0 amide bonds. The second-order valence-corrected chi connectivity index (χ2v) is 8.82. The van der Waals surface area contributed by atoms with Crippen LogP contribution in [-0.2, 0) is 15.1 Å². The van der Waals surface area contributed by atoms with Crippen molar-refractivity contribution < 1.29 is 13.9 Å². The molecule has 1 aliphatic rings. The minimum absolute atomic E-state index is 0.0539. The monoisotopic (exact) mass is 499 g/mol. The van der Waals surface area contributed by atoms with Gasteiger partial charge in [0.05, 0.1) is 5.69 Å². The Labute approximate surface area is 219 Å². The van der Waals surface area contributed by atoms with Crippen molar-refractivity contribution in [1.29, 1.82) is 0 Å². The first-order valence-corrected chi connectivity index (χ1v) is 12.2. The van der Waals surface area contributed by atoms with Crippen molar-refractivity contribution in [2.24, 2.45) is 4.99 Å². The minimum atomic E-state index is -1.06. The lowest BCUT2D eigenvalue weighted by Gasteiger charge is -2.37. The highest BCUT2D eigenvalue weighted by atomic mass is 19.1. The highest BCUT2D eigenvalue weighted by Crippen LogP contribution is 2.41. The number of esters is 1. The predicted octanol–water partition coefficient (Wildman–Crippen LogP) is 6.21. The summed E-state index contributed by atoms with van der Waals surface area (Å²) in [6.45, 7) is 0. The molecular formula is C32H22FN3O2. The Bertz CT molecular complexity index is 1550. The predicted molar refractivity (Wildman–Crippen MR) is 144 cm³/mol. The lowest BCUT2D eigenvalue weighted by Crippen LogP contribution is -2.38. The smallest absolute Gasteiger partial charge is 0.363 e. The third kappa shape index (κ3) is 4.02. The topological polar surface area (TPSA) is 56.5 Å². The molecule has 0 atom stereocenters. The first-order valence-electron chi connectivity index (χ1n) is 12.2. The molecule has 1 aromatic heterocycles. The molecule has 1 aliphatic heterocycles. The van der Waals surface area contributed by atoms with Crippen molar-refractivity contribution in [3.8, 4) is 0 Å². The van der Waals surface area contributed by atoms with E-state index in [0.717, 1.165) is 16.7 Å². The van der Waals surface area contributed by atoms with Crippen LogP contribution in [-0.4, -0.2) is 21.4 Å². The summed E-state index contributed by atoms with van der Waals surface area (Å²) in [7, 11) is 0. The molecule has 0 spiro atoms. The molecular weight excluding hydrogens is 477 g/mol. The Morgan fingerprint density at radius 3 is 1.68 bits per heavy atom. The molecule has 0 bridgehead atoms. The number of benzene rings is 4. The molecule has 0 fully saturated rings. The van der Waals surface area contributed by atoms with Gasteiger partial charge in [0.25, 0.3) is 6.08 Å². The van der Waals surface area contributed by atoms with E-state index in [1.54, 1.807) is 18.3 Å². The zero-order valence-electron chi connectivity index (χ0n) is 20.2. The minimum Gasteiger partial charge on any atom is -0.402 e. The molecule has 6 heteroatoms. The number of imidazole rings is 1. The number of hydrogen-bond acceptors (Lipinski definition) is 4. The first-order chi connectivity index (χ1) is 18.7. The Morgan fingerprint density at radius 2 is 1.18 bits per heavy atom. The average molecular weight is 500 g/mol. The fourth-order valence-corrected chi connectivity index (χ4v) is 4.89. The summed E-state index contributed by atoms with van der Waals surface area (Å²) in [5.41, 5.74) is 2.49. The fraction of sp³-hybridized carbons (Fsp3) is 0.0312. The van der Waals surface area contributed by atoms with Crippen LogP contribution < -0.4 is 0 Å². The van der Waals surface area contributed by atoms with Crippen molar-refractivity contribution in [2.45, 2.75) is 5.54 Å². The Morgan fingerprint density at radius 1 is 0.711 bits per heavy atom. The highest BCUT2D eigenvalue weighted by Gasteiger charge is 2.40. The molecule has 4 aromatic carbocycles. The summed E-state index contributed by atoms with van der Waals surface area (Å²) >= 11 is 0. The molecule has 0 saturated carbocycles. The van der Waals surface area contributed by atoms with Crippen molar-refractivity contribution >= 4 is 17.9 Å². The number of carbonyl (C=O) groups is 1. The number of carbonyl (C=O) groups excluding carboxylic acids is 1. The van der Waals surface area contributed by atoms with E-state index < -0.39 is 17.6 Å². The molecule has 0 unspecified atom stereocenters. The van der Waals surface area contributed by atoms with Gasteiger partial charge in [0.2, 0.25) is 5.90 Å². The van der Waals surface area contributed by atoms with Crippen LogP contribution in [0.4, 0.5) is 4.39 Å². The second-order valence-electron chi connectivity index (χ2n) is 8.82. The summed E-state index contributed by atoms with van der Waals surface area (Å²) in [5.74, 6) is -0.409. The summed E-state index contributed by atoms with van der Waals surface area (Å²) in [4.78, 5) is 21.1. The van der Waals surface area contributed by atoms with Crippen molar-refractivity contribution in [2.75, 3.05) is 0 Å². The van der Waals surface area contributed by atoms with Gasteiger partial charge >= 0.3 is 5.97 Å². The van der Waals surface area contributed by atoms with Gasteiger partial charge in [-0.1, -0.05) is 109 Å². The summed E-state index contributed by atoms with van der Waals surface area (Å²) < 4.78 is 22.8. The van der Waals surface area contributed by atoms with Gasteiger partial charge in [-0.2, -0.15) is 4.39 Å². The Balaban J connectivity index is 1.54. The van der Waals surface area contributed by atoms with E-state index in [1.165, 1.54) is 10.6 Å². The van der Waals surface area contributed by atoms with Crippen LogP contribution in [0.15, 0.2) is 138 Å². The molecule has 0 N–H and O–H groups in total. The van der Waals surface area contributed by atoms with Crippen LogP contribution in [0.3, 0.4) is 0 Å². The highest BCUT2D eigenvalue weighted by molar-refractivity contribution is 6.12. The molecule has 38 heavy (non-hydrogen) atoms. The normalized spacial score (nSPS) is 14.4. The van der Waals surface area contributed by atoms with Crippen molar-refractivity contribution in [3.63, 3.8) is 0 Å². The molecule has 184 valence electrons. The summed E-state index contributed by atoms with van der Waals surface area (Å²) in [6, 6.07) is 38.4. The molecule has 6 rings (SSSR count). The Kier molecular flexibility index (Phi) is 5.98. The maximum Gasteiger partial charge on any atom is 0.363 e. The number of nitrogens with zero attached hydrogens (tertiary/aromatic N) is 3. The standard InChI is InChI=1S/C32H22FN3O2/c33-31-34-27(21-28-30(37)38-29(35-28)23-13-5-1-6-14-23)22-36(31)32(24-15-7-2-8-16-24,25-17-9-3-10-18-25)26-19-11-4-12-20-26/h1-22H/b28-21+. The van der Waals surface area contributed by atoms with Crippen molar-refractivity contribution in [1.82, 2.24) is 9.55 Å². The van der Waals surface area contributed by atoms with Gasteiger partial charge in [0.1, 0.15) is 5.54 Å². The molecule has 5 nitrogen and oxygen atoms in total. The lowest BCUT2D eigenvalue weighted by molar-refractivity contribution is -0.129. The lowest BCUT2D eigenvalue weighted by atomic mass is 9.76. The number of ether oxygens (including phenoxy) is 1. The number of cyclic esters (lactones) is 1. The van der Waals surface area contributed by atoms with E-state index in [4.69, 9.17) is 4.74 Å². The quantitative estimate of drug-likeness (QED) is 0.159. The van der Waals surface area contributed by atoms with Crippen LogP contribution in [0.5, 0.6) is 0 Å². The van der Waals surface area contributed by atoms with Crippen LogP contribution >= 0.6 is 0 Å². The van der Waals surface area contributed by atoms with Crippen LogP contribution in [0.25, 0.3) is 6.08 Å². The van der Waals surface area contributed by atoms with E-state index in [2.05, 4.69) is 9.98 Å². The van der Waals surface area contributed by atoms with E-state index in [0.29, 0.717) is 5.56 Å². The number of hydrogen-bond donors (Lipinski definition) is 0. The van der Waals surface area contributed by atoms with Gasteiger partial charge < -0.3 is 4.74 Å². The zero-order valence-corrected chi connectivity index (χ0v) is 20.2. The zero-order chi connectivity index (χ0) is 26.0. The van der Waals surface area contributed by atoms with E-state index >= 15 is 4.39 Å². The van der Waals surface area contributed by atoms with E-state index in [-0.39, 0.29) is 17.3 Å². The summed E-state index contributed by atoms with van der Waals surface area (Å²) in [5, 5.41) is 0. The molecule has 0 saturated heterocycles. The SMILES string of the molecule is O=C1OC(c2ccccc2)=N/C1=C/c1cn(C(c2ccccc2)(c2ccccc2)c2ccccc2)c(F)n1.